The molecule has 64 valence electrons. The van der Waals surface area contributed by atoms with Crippen LogP contribution in [0.2, 0.25) is 0 Å². The molecule has 0 unspecified atom stereocenters. The lowest BCUT2D eigenvalue weighted by Crippen LogP contribution is -2.46. The second kappa shape index (κ2) is 1.80. The summed E-state index contributed by atoms with van der Waals surface area (Å²) in [6, 6.07) is 0. The van der Waals surface area contributed by atoms with Gasteiger partial charge in [-0.15, -0.1) is 0 Å². The molecule has 2 heteroatoms. The van der Waals surface area contributed by atoms with Crippen LogP contribution in [0.4, 0.5) is 0 Å². The molecule has 2 saturated carbocycles. The summed E-state index contributed by atoms with van der Waals surface area (Å²) >= 11 is 0. The molecule has 0 saturated heterocycles. The topological polar surface area (TPSA) is 40.5 Å². The van der Waals surface area contributed by atoms with Crippen LogP contribution >= 0.6 is 0 Å². The summed E-state index contributed by atoms with van der Waals surface area (Å²) in [6.07, 6.45) is 2.54. The van der Waals surface area contributed by atoms with E-state index in [0.29, 0.717) is 5.92 Å². The van der Waals surface area contributed by atoms with Gasteiger partial charge in [0, 0.05) is 0 Å². The Morgan fingerprint density at radius 1 is 1.36 bits per heavy atom. The Labute approximate surface area is 67.2 Å². The Balaban J connectivity index is 2.27. The minimum absolute atomic E-state index is 0.239. The van der Waals surface area contributed by atoms with Crippen LogP contribution in [0, 0.1) is 11.3 Å². The molecule has 2 fully saturated rings. The maximum Gasteiger partial charge on any atom is 0.0910 e. The summed E-state index contributed by atoms with van der Waals surface area (Å²) in [4.78, 5) is 0. The lowest BCUT2D eigenvalue weighted by atomic mass is 9.60. The van der Waals surface area contributed by atoms with Gasteiger partial charge in [-0.25, -0.2) is 0 Å². The average molecular weight is 156 g/mol. The highest BCUT2D eigenvalue weighted by molar-refractivity contribution is 5.11. The van der Waals surface area contributed by atoms with E-state index in [2.05, 4.69) is 6.92 Å². The lowest BCUT2D eigenvalue weighted by molar-refractivity contribution is -0.0976. The fourth-order valence-electron chi connectivity index (χ4n) is 2.90. The summed E-state index contributed by atoms with van der Waals surface area (Å²) < 4.78 is 0. The van der Waals surface area contributed by atoms with Crippen molar-refractivity contribution >= 4 is 0 Å². The van der Waals surface area contributed by atoms with Gasteiger partial charge in [0.25, 0.3) is 0 Å². The fourth-order valence-corrected chi connectivity index (χ4v) is 2.90. The summed E-state index contributed by atoms with van der Waals surface area (Å²) in [5.74, 6) is 0.338. The maximum absolute atomic E-state index is 9.87. The van der Waals surface area contributed by atoms with Crippen LogP contribution in [0.1, 0.15) is 33.1 Å². The Hall–Kier alpha value is -0.0800. The Morgan fingerprint density at radius 3 is 2.18 bits per heavy atom. The molecule has 0 radical (unpaired) electrons. The third kappa shape index (κ3) is 0.744. The highest BCUT2D eigenvalue weighted by Crippen LogP contribution is 2.61. The van der Waals surface area contributed by atoms with Gasteiger partial charge in [-0.3, -0.25) is 0 Å². The van der Waals surface area contributed by atoms with Crippen LogP contribution in [-0.2, 0) is 0 Å². The first kappa shape index (κ1) is 7.56. The van der Waals surface area contributed by atoms with Gasteiger partial charge in [-0.05, 0) is 37.5 Å². The zero-order valence-electron chi connectivity index (χ0n) is 7.17. The fraction of sp³-hybridized carbons (Fsp3) is 1.00. The van der Waals surface area contributed by atoms with Gasteiger partial charge in [0.1, 0.15) is 0 Å². The molecule has 0 aromatic heterocycles. The summed E-state index contributed by atoms with van der Waals surface area (Å²) in [6.45, 7) is 3.94. The van der Waals surface area contributed by atoms with Crippen LogP contribution < -0.4 is 0 Å². The van der Waals surface area contributed by atoms with Crippen molar-refractivity contribution in [2.24, 2.45) is 11.3 Å². The number of hydrogen-bond acceptors (Lipinski definition) is 2. The van der Waals surface area contributed by atoms with Gasteiger partial charge >= 0.3 is 0 Å². The van der Waals surface area contributed by atoms with Crippen molar-refractivity contribution in [3.8, 4) is 0 Å². The van der Waals surface area contributed by atoms with E-state index in [1.54, 1.807) is 6.92 Å². The minimum atomic E-state index is -0.812. The molecule has 2 aliphatic rings. The summed E-state index contributed by atoms with van der Waals surface area (Å²) in [7, 11) is 0. The molecule has 2 nitrogen and oxygen atoms in total. The third-order valence-electron chi connectivity index (χ3n) is 3.89. The summed E-state index contributed by atoms with van der Waals surface area (Å²) in [5, 5.41) is 19.4. The van der Waals surface area contributed by atoms with Crippen LogP contribution in [0.5, 0.6) is 0 Å². The van der Waals surface area contributed by atoms with E-state index in [1.807, 2.05) is 0 Å². The molecular weight excluding hydrogens is 140 g/mol. The second-order valence-corrected chi connectivity index (χ2v) is 4.69. The number of aliphatic hydroxyl groups excluding tert-OH is 1. The smallest absolute Gasteiger partial charge is 0.0910 e. The number of rotatable bonds is 0. The van der Waals surface area contributed by atoms with Gasteiger partial charge in [-0.2, -0.15) is 0 Å². The maximum atomic E-state index is 9.87. The van der Waals surface area contributed by atoms with Crippen LogP contribution in [-0.4, -0.2) is 21.9 Å². The van der Waals surface area contributed by atoms with Crippen molar-refractivity contribution in [2.75, 3.05) is 0 Å². The first-order chi connectivity index (χ1) is 4.97. The van der Waals surface area contributed by atoms with Crippen LogP contribution in [0.15, 0.2) is 0 Å². The number of hydrogen-bond donors (Lipinski definition) is 2. The van der Waals surface area contributed by atoms with Gasteiger partial charge in [0.15, 0.2) is 0 Å². The molecule has 2 aliphatic carbocycles. The average Bonchev–Trinajstić information content (AvgIpc) is 1.91. The third-order valence-corrected chi connectivity index (χ3v) is 3.89. The molecule has 0 aliphatic heterocycles. The molecule has 0 aromatic rings. The molecule has 2 N–H and O–H groups in total. The molecule has 0 aromatic carbocycles. The Morgan fingerprint density at radius 2 is 2.00 bits per heavy atom. The van der Waals surface area contributed by atoms with Gasteiger partial charge in [0.05, 0.1) is 11.7 Å². The lowest BCUT2D eigenvalue weighted by Gasteiger charge is -2.46. The van der Waals surface area contributed by atoms with Crippen LogP contribution in [0.25, 0.3) is 0 Å². The Kier molecular flexibility index (Phi) is 1.24. The van der Waals surface area contributed by atoms with E-state index in [4.69, 9.17) is 0 Å². The first-order valence-electron chi connectivity index (χ1n) is 4.37. The van der Waals surface area contributed by atoms with Crippen molar-refractivity contribution in [3.05, 3.63) is 0 Å². The molecule has 0 heterocycles. The van der Waals surface area contributed by atoms with Gasteiger partial charge in [0.2, 0.25) is 0 Å². The largest absolute Gasteiger partial charge is 0.390 e. The van der Waals surface area contributed by atoms with Crippen LogP contribution in [0.3, 0.4) is 0 Å². The molecule has 4 atom stereocenters. The highest BCUT2D eigenvalue weighted by atomic mass is 16.3. The summed E-state index contributed by atoms with van der Waals surface area (Å²) in [5.41, 5.74) is -0.573. The van der Waals surface area contributed by atoms with Crippen molar-refractivity contribution in [2.45, 2.75) is 44.8 Å². The molecule has 0 spiro atoms. The first-order valence-corrected chi connectivity index (χ1v) is 4.37. The van der Waals surface area contributed by atoms with E-state index >= 15 is 0 Å². The zero-order valence-corrected chi connectivity index (χ0v) is 7.17. The normalized spacial score (nSPS) is 62.2. The highest BCUT2D eigenvalue weighted by Gasteiger charge is 2.61. The minimum Gasteiger partial charge on any atom is -0.390 e. The molecule has 0 amide bonds. The van der Waals surface area contributed by atoms with Crippen molar-refractivity contribution in [3.63, 3.8) is 0 Å². The zero-order chi connectivity index (χ0) is 8.28. The number of aliphatic hydroxyl groups is 2. The Bertz CT molecular complexity index is 188. The van der Waals surface area contributed by atoms with Crippen molar-refractivity contribution in [1.82, 2.24) is 0 Å². The van der Waals surface area contributed by atoms with E-state index < -0.39 is 11.7 Å². The SMILES string of the molecule is C[C@]12CC[C@H]1[C@](C)(O)[C@@H](O)C2. The molecule has 11 heavy (non-hydrogen) atoms. The van der Waals surface area contributed by atoms with E-state index in [1.165, 1.54) is 6.42 Å². The number of fused-ring (bicyclic) bond motifs is 1. The standard InChI is InChI=1S/C9H16O2/c1-8-4-3-6(8)9(2,11)7(10)5-8/h6-7,10-11H,3-5H2,1-2H3/t6-,7+,8-,9+/m1/s1. The second-order valence-electron chi connectivity index (χ2n) is 4.69. The van der Waals surface area contributed by atoms with Crippen molar-refractivity contribution < 1.29 is 10.2 Å². The quantitative estimate of drug-likeness (QED) is 0.547. The van der Waals surface area contributed by atoms with Gasteiger partial charge < -0.3 is 10.2 Å². The predicted molar refractivity (Wildman–Crippen MR) is 42.1 cm³/mol. The van der Waals surface area contributed by atoms with E-state index in [9.17, 15) is 10.2 Å². The molecule has 2 rings (SSSR count). The van der Waals surface area contributed by atoms with Gasteiger partial charge in [-0.1, -0.05) is 6.92 Å². The molecular formula is C9H16O2. The van der Waals surface area contributed by atoms with E-state index in [0.717, 1.165) is 12.8 Å². The van der Waals surface area contributed by atoms with Crippen molar-refractivity contribution in [1.29, 1.82) is 0 Å². The molecule has 0 bridgehead atoms. The predicted octanol–water partition coefficient (Wildman–Crippen LogP) is 0.918. The van der Waals surface area contributed by atoms with E-state index in [-0.39, 0.29) is 5.41 Å². The monoisotopic (exact) mass is 156 g/mol.